The van der Waals surface area contributed by atoms with Crippen LogP contribution in [0.4, 0.5) is 0 Å². The summed E-state index contributed by atoms with van der Waals surface area (Å²) in [6.07, 6.45) is 3.17. The molecule has 0 fully saturated rings. The van der Waals surface area contributed by atoms with E-state index in [1.165, 1.54) is 17.5 Å². The molecule has 3 N–H and O–H groups in total. The first-order valence-electron chi connectivity index (χ1n) is 6.73. The lowest BCUT2D eigenvalue weighted by Gasteiger charge is -2.10. The zero-order valence-corrected chi connectivity index (χ0v) is 11.4. The molecule has 100 valence electrons. The maximum atomic E-state index is 11.5. The van der Waals surface area contributed by atoms with E-state index in [2.05, 4.69) is 36.5 Å². The molecule has 0 saturated carbocycles. The largest absolute Gasteiger partial charge is 0.355 e. The number of nitrogens with one attached hydrogen (secondary N) is 1. The van der Waals surface area contributed by atoms with Crippen LogP contribution in [-0.4, -0.2) is 19.0 Å². The highest BCUT2D eigenvalue weighted by atomic mass is 16.1. The van der Waals surface area contributed by atoms with Crippen LogP contribution in [0.1, 0.15) is 31.4 Å². The molecular formula is C15H24N2O. The lowest BCUT2D eigenvalue weighted by atomic mass is 10.1. The summed E-state index contributed by atoms with van der Waals surface area (Å²) in [6, 6.07) is 8.62. The molecule has 3 heteroatoms. The summed E-state index contributed by atoms with van der Waals surface area (Å²) in [5.41, 5.74) is 8.08. The van der Waals surface area contributed by atoms with Gasteiger partial charge in [0.1, 0.15) is 0 Å². The van der Waals surface area contributed by atoms with Crippen LogP contribution in [0, 0.1) is 5.92 Å². The second-order valence-electron chi connectivity index (χ2n) is 4.74. The number of aryl methyl sites for hydroxylation is 1. The number of carbonyl (C=O) groups is 1. The van der Waals surface area contributed by atoms with E-state index in [0.717, 1.165) is 12.8 Å². The summed E-state index contributed by atoms with van der Waals surface area (Å²) < 4.78 is 0. The van der Waals surface area contributed by atoms with Gasteiger partial charge in [0.2, 0.25) is 5.91 Å². The van der Waals surface area contributed by atoms with Gasteiger partial charge in [-0.15, -0.1) is 0 Å². The standard InChI is InChI=1S/C15H24N2O/c1-3-4-13-5-7-14(8-6-13)9-10-17-15(18)12(2)11-16/h5-8,12H,3-4,9-11,16H2,1-2H3,(H,17,18). The van der Waals surface area contributed by atoms with Gasteiger partial charge in [-0.1, -0.05) is 44.5 Å². The number of carbonyl (C=O) groups excluding carboxylic acids is 1. The highest BCUT2D eigenvalue weighted by molar-refractivity contribution is 5.78. The Labute approximate surface area is 110 Å². The third-order valence-corrected chi connectivity index (χ3v) is 3.08. The molecule has 1 unspecified atom stereocenters. The molecule has 0 aliphatic rings. The Bertz CT molecular complexity index is 359. The van der Waals surface area contributed by atoms with Crippen LogP contribution in [0.15, 0.2) is 24.3 Å². The molecule has 0 bridgehead atoms. The van der Waals surface area contributed by atoms with E-state index < -0.39 is 0 Å². The third-order valence-electron chi connectivity index (χ3n) is 3.08. The van der Waals surface area contributed by atoms with E-state index in [9.17, 15) is 4.79 Å². The molecule has 0 aliphatic carbocycles. The lowest BCUT2D eigenvalue weighted by Crippen LogP contribution is -2.34. The fourth-order valence-corrected chi connectivity index (χ4v) is 1.77. The third kappa shape index (κ3) is 4.88. The predicted octanol–water partition coefficient (Wildman–Crippen LogP) is 1.89. The Morgan fingerprint density at radius 3 is 2.28 bits per heavy atom. The molecule has 0 radical (unpaired) electrons. The van der Waals surface area contributed by atoms with Crippen molar-refractivity contribution in [3.8, 4) is 0 Å². The Hall–Kier alpha value is -1.35. The van der Waals surface area contributed by atoms with Crippen molar-refractivity contribution in [1.82, 2.24) is 5.32 Å². The van der Waals surface area contributed by atoms with Gasteiger partial charge in [0.05, 0.1) is 0 Å². The highest BCUT2D eigenvalue weighted by Crippen LogP contribution is 2.07. The van der Waals surface area contributed by atoms with Gasteiger partial charge in [-0.3, -0.25) is 4.79 Å². The van der Waals surface area contributed by atoms with Crippen molar-refractivity contribution in [3.63, 3.8) is 0 Å². The van der Waals surface area contributed by atoms with E-state index in [4.69, 9.17) is 5.73 Å². The Balaban J connectivity index is 2.33. The topological polar surface area (TPSA) is 55.1 Å². The fraction of sp³-hybridized carbons (Fsp3) is 0.533. The minimum Gasteiger partial charge on any atom is -0.355 e. The minimum absolute atomic E-state index is 0.0418. The van der Waals surface area contributed by atoms with E-state index in [0.29, 0.717) is 13.1 Å². The van der Waals surface area contributed by atoms with Crippen LogP contribution < -0.4 is 11.1 Å². The SMILES string of the molecule is CCCc1ccc(CCNC(=O)C(C)CN)cc1. The summed E-state index contributed by atoms with van der Waals surface area (Å²) in [5.74, 6) is -0.0583. The normalized spacial score (nSPS) is 12.2. The molecule has 1 aromatic carbocycles. The number of rotatable bonds is 7. The predicted molar refractivity (Wildman–Crippen MR) is 75.4 cm³/mol. The maximum absolute atomic E-state index is 11.5. The Morgan fingerprint density at radius 2 is 1.78 bits per heavy atom. The molecule has 0 aliphatic heterocycles. The molecule has 3 nitrogen and oxygen atoms in total. The highest BCUT2D eigenvalue weighted by Gasteiger charge is 2.09. The van der Waals surface area contributed by atoms with Crippen molar-refractivity contribution in [1.29, 1.82) is 0 Å². The monoisotopic (exact) mass is 248 g/mol. The summed E-state index contributed by atoms with van der Waals surface area (Å²) >= 11 is 0. The van der Waals surface area contributed by atoms with Crippen LogP contribution in [0.5, 0.6) is 0 Å². The van der Waals surface area contributed by atoms with E-state index in [1.54, 1.807) is 0 Å². The van der Waals surface area contributed by atoms with Gasteiger partial charge in [0.25, 0.3) is 0 Å². The van der Waals surface area contributed by atoms with Crippen LogP contribution in [0.2, 0.25) is 0 Å². The van der Waals surface area contributed by atoms with Gasteiger partial charge in [-0.05, 0) is 24.0 Å². The number of nitrogens with two attached hydrogens (primary N) is 1. The fourth-order valence-electron chi connectivity index (χ4n) is 1.77. The maximum Gasteiger partial charge on any atom is 0.224 e. The van der Waals surface area contributed by atoms with Crippen molar-refractivity contribution in [2.45, 2.75) is 33.1 Å². The van der Waals surface area contributed by atoms with Gasteiger partial charge >= 0.3 is 0 Å². The molecule has 18 heavy (non-hydrogen) atoms. The molecule has 1 amide bonds. The number of hydrogen-bond acceptors (Lipinski definition) is 2. The average Bonchev–Trinajstić information content (AvgIpc) is 2.40. The van der Waals surface area contributed by atoms with Crippen LogP contribution in [0.3, 0.4) is 0 Å². The number of amides is 1. The smallest absolute Gasteiger partial charge is 0.224 e. The van der Waals surface area contributed by atoms with E-state index >= 15 is 0 Å². The zero-order valence-electron chi connectivity index (χ0n) is 11.4. The Morgan fingerprint density at radius 1 is 1.22 bits per heavy atom. The molecular weight excluding hydrogens is 224 g/mol. The minimum atomic E-state index is -0.100. The second-order valence-corrected chi connectivity index (χ2v) is 4.74. The number of hydrogen-bond donors (Lipinski definition) is 2. The van der Waals surface area contributed by atoms with Crippen molar-refractivity contribution in [2.24, 2.45) is 11.7 Å². The zero-order chi connectivity index (χ0) is 13.4. The van der Waals surface area contributed by atoms with Crippen LogP contribution in [0.25, 0.3) is 0 Å². The quantitative estimate of drug-likeness (QED) is 0.774. The van der Waals surface area contributed by atoms with E-state index in [1.807, 2.05) is 6.92 Å². The Kier molecular flexibility index (Phi) is 6.44. The first-order chi connectivity index (χ1) is 8.67. The first-order valence-corrected chi connectivity index (χ1v) is 6.73. The van der Waals surface area contributed by atoms with Crippen molar-refractivity contribution < 1.29 is 4.79 Å². The molecule has 0 saturated heterocycles. The molecule has 1 atom stereocenters. The molecule has 0 heterocycles. The summed E-state index contributed by atoms with van der Waals surface area (Å²) in [5, 5.41) is 2.90. The van der Waals surface area contributed by atoms with Gasteiger partial charge < -0.3 is 11.1 Å². The van der Waals surface area contributed by atoms with Crippen LogP contribution in [-0.2, 0) is 17.6 Å². The number of benzene rings is 1. The van der Waals surface area contributed by atoms with Crippen LogP contribution >= 0.6 is 0 Å². The lowest BCUT2D eigenvalue weighted by molar-refractivity contribution is -0.124. The first kappa shape index (κ1) is 14.7. The molecule has 0 spiro atoms. The van der Waals surface area contributed by atoms with Gasteiger partial charge in [-0.2, -0.15) is 0 Å². The summed E-state index contributed by atoms with van der Waals surface area (Å²) in [4.78, 5) is 11.5. The summed E-state index contributed by atoms with van der Waals surface area (Å²) in [6.45, 7) is 5.10. The van der Waals surface area contributed by atoms with Crippen molar-refractivity contribution in [3.05, 3.63) is 35.4 Å². The van der Waals surface area contributed by atoms with E-state index in [-0.39, 0.29) is 11.8 Å². The van der Waals surface area contributed by atoms with Crippen molar-refractivity contribution in [2.75, 3.05) is 13.1 Å². The average molecular weight is 248 g/mol. The van der Waals surface area contributed by atoms with Crippen molar-refractivity contribution >= 4 is 5.91 Å². The molecule has 0 aromatic heterocycles. The molecule has 1 rings (SSSR count). The molecule has 1 aromatic rings. The van der Waals surface area contributed by atoms with Gasteiger partial charge in [0.15, 0.2) is 0 Å². The second kappa shape index (κ2) is 7.88. The summed E-state index contributed by atoms with van der Waals surface area (Å²) in [7, 11) is 0. The van der Waals surface area contributed by atoms with Gasteiger partial charge in [-0.25, -0.2) is 0 Å². The van der Waals surface area contributed by atoms with Gasteiger partial charge in [0, 0.05) is 19.0 Å².